The van der Waals surface area contributed by atoms with Gasteiger partial charge in [-0.2, -0.15) is 0 Å². The largest absolute Gasteiger partial charge is 0.462 e. The number of nitrogens with zero attached hydrogens (tertiary/aromatic N) is 1. The lowest BCUT2D eigenvalue weighted by Gasteiger charge is -2.18. The highest BCUT2D eigenvalue weighted by Gasteiger charge is 2.31. The topological polar surface area (TPSA) is 87.7 Å². The van der Waals surface area contributed by atoms with Crippen LogP contribution in [0, 0.1) is 13.8 Å². The average Bonchev–Trinajstić information content (AvgIpc) is 3.10. The Morgan fingerprint density at radius 3 is 2.52 bits per heavy atom. The van der Waals surface area contributed by atoms with Crippen LogP contribution in [0.4, 0.5) is 16.2 Å². The van der Waals surface area contributed by atoms with E-state index < -0.39 is 6.03 Å². The summed E-state index contributed by atoms with van der Waals surface area (Å²) in [5.41, 5.74) is 4.13. The molecule has 1 saturated heterocycles. The maximum absolute atomic E-state index is 12.4. The number of nitrogens with one attached hydrogen (secondary N) is 2. The Balaban J connectivity index is 1.52. The molecule has 1 fully saturated rings. The number of urea groups is 1. The smallest absolute Gasteiger partial charge is 0.338 e. The van der Waals surface area contributed by atoms with Gasteiger partial charge in [0.15, 0.2) is 0 Å². The van der Waals surface area contributed by atoms with Crippen molar-refractivity contribution in [3.05, 3.63) is 59.2 Å². The van der Waals surface area contributed by atoms with Crippen LogP contribution in [-0.2, 0) is 9.53 Å². The second-order valence-corrected chi connectivity index (χ2v) is 7.84. The van der Waals surface area contributed by atoms with E-state index in [0.717, 1.165) is 24.1 Å². The molecule has 1 aliphatic rings. The quantitative estimate of drug-likeness (QED) is 0.516. The second-order valence-electron chi connectivity index (χ2n) is 7.84. The van der Waals surface area contributed by atoms with Crippen molar-refractivity contribution < 1.29 is 19.1 Å². The standard InChI is InChI=1S/C24H29N3O4/c1-4-5-12-31-23(29)18-7-9-19(10-8-18)25-24(30)26-20-14-22(28)27(15-20)21-11-6-16(2)17(3)13-21/h6-11,13,20H,4-5,12,14-15H2,1-3H3,(H2,25,26,30). The van der Waals surface area contributed by atoms with Gasteiger partial charge in [0.2, 0.25) is 5.91 Å². The third kappa shape index (κ3) is 5.84. The van der Waals surface area contributed by atoms with Crippen LogP contribution in [0.5, 0.6) is 0 Å². The van der Waals surface area contributed by atoms with Gasteiger partial charge in [0.05, 0.1) is 18.2 Å². The summed E-state index contributed by atoms with van der Waals surface area (Å²) in [5, 5.41) is 5.59. The normalized spacial score (nSPS) is 15.6. The van der Waals surface area contributed by atoms with Crippen LogP contribution in [0.15, 0.2) is 42.5 Å². The Morgan fingerprint density at radius 2 is 1.84 bits per heavy atom. The van der Waals surface area contributed by atoms with Crippen molar-refractivity contribution in [2.45, 2.75) is 46.1 Å². The Morgan fingerprint density at radius 1 is 1.10 bits per heavy atom. The third-order valence-electron chi connectivity index (χ3n) is 5.37. The van der Waals surface area contributed by atoms with Gasteiger partial charge in [0, 0.05) is 24.3 Å². The van der Waals surface area contributed by atoms with Crippen LogP contribution in [-0.4, -0.2) is 37.1 Å². The molecule has 0 bridgehead atoms. The molecule has 7 heteroatoms. The van der Waals surface area contributed by atoms with E-state index >= 15 is 0 Å². The number of amides is 3. The summed E-state index contributed by atoms with van der Waals surface area (Å²) in [5.74, 6) is -0.389. The van der Waals surface area contributed by atoms with Gasteiger partial charge in [-0.1, -0.05) is 19.4 Å². The van der Waals surface area contributed by atoms with Crippen LogP contribution >= 0.6 is 0 Å². The highest BCUT2D eigenvalue weighted by atomic mass is 16.5. The minimum absolute atomic E-state index is 0.0144. The molecule has 0 aromatic heterocycles. The molecule has 1 aliphatic heterocycles. The third-order valence-corrected chi connectivity index (χ3v) is 5.37. The van der Waals surface area contributed by atoms with E-state index in [1.165, 1.54) is 5.56 Å². The first kappa shape index (κ1) is 22.3. The monoisotopic (exact) mass is 423 g/mol. The molecule has 3 rings (SSSR count). The van der Waals surface area contributed by atoms with Gasteiger partial charge in [-0.3, -0.25) is 4.79 Å². The number of hydrogen-bond acceptors (Lipinski definition) is 4. The number of esters is 1. The van der Waals surface area contributed by atoms with Gasteiger partial charge in [0.1, 0.15) is 0 Å². The van der Waals surface area contributed by atoms with Gasteiger partial charge in [-0.05, 0) is 67.8 Å². The zero-order valence-electron chi connectivity index (χ0n) is 18.2. The van der Waals surface area contributed by atoms with Crippen LogP contribution in [0.3, 0.4) is 0 Å². The van der Waals surface area contributed by atoms with Crippen molar-refractivity contribution in [3.63, 3.8) is 0 Å². The summed E-state index contributed by atoms with van der Waals surface area (Å²) in [7, 11) is 0. The maximum atomic E-state index is 12.4. The molecule has 2 aromatic carbocycles. The molecule has 7 nitrogen and oxygen atoms in total. The first-order valence-electron chi connectivity index (χ1n) is 10.6. The predicted molar refractivity (Wildman–Crippen MR) is 120 cm³/mol. The lowest BCUT2D eigenvalue weighted by molar-refractivity contribution is -0.117. The van der Waals surface area contributed by atoms with Gasteiger partial charge < -0.3 is 20.3 Å². The molecule has 31 heavy (non-hydrogen) atoms. The number of benzene rings is 2. The Kier molecular flexibility index (Phi) is 7.28. The Labute approximate surface area is 182 Å². The number of unbranched alkanes of at least 4 members (excludes halogenated alkanes) is 1. The van der Waals surface area contributed by atoms with Crippen molar-refractivity contribution in [1.82, 2.24) is 5.32 Å². The second kappa shape index (κ2) is 10.1. The summed E-state index contributed by atoms with van der Waals surface area (Å²) in [6.07, 6.45) is 2.04. The van der Waals surface area contributed by atoms with Crippen molar-refractivity contribution >= 4 is 29.3 Å². The fourth-order valence-corrected chi connectivity index (χ4v) is 3.38. The lowest BCUT2D eigenvalue weighted by atomic mass is 10.1. The van der Waals surface area contributed by atoms with Crippen LogP contribution in [0.2, 0.25) is 0 Å². The van der Waals surface area contributed by atoms with E-state index in [1.54, 1.807) is 29.2 Å². The number of anilines is 2. The predicted octanol–water partition coefficient (Wildman–Crippen LogP) is 4.19. The van der Waals surface area contributed by atoms with Crippen molar-refractivity contribution in [1.29, 1.82) is 0 Å². The number of aryl methyl sites for hydroxylation is 2. The fraction of sp³-hybridized carbons (Fsp3) is 0.375. The molecule has 164 valence electrons. The van der Waals surface area contributed by atoms with Crippen molar-refractivity contribution in [2.75, 3.05) is 23.4 Å². The molecule has 1 unspecified atom stereocenters. The first-order chi connectivity index (χ1) is 14.9. The highest BCUT2D eigenvalue weighted by molar-refractivity contribution is 5.98. The zero-order valence-corrected chi connectivity index (χ0v) is 18.2. The number of ether oxygens (including phenoxy) is 1. The number of carbonyl (C=O) groups excluding carboxylic acids is 3. The van der Waals surface area contributed by atoms with E-state index in [-0.39, 0.29) is 24.3 Å². The molecule has 1 heterocycles. The number of rotatable bonds is 7. The maximum Gasteiger partial charge on any atom is 0.338 e. The van der Waals surface area contributed by atoms with E-state index in [0.29, 0.717) is 24.4 Å². The molecule has 0 radical (unpaired) electrons. The van der Waals surface area contributed by atoms with Crippen molar-refractivity contribution in [3.8, 4) is 0 Å². The van der Waals surface area contributed by atoms with E-state index in [1.807, 2.05) is 39.0 Å². The van der Waals surface area contributed by atoms with Gasteiger partial charge in [-0.15, -0.1) is 0 Å². The van der Waals surface area contributed by atoms with Crippen LogP contribution in [0.25, 0.3) is 0 Å². The summed E-state index contributed by atoms with van der Waals surface area (Å²) in [6, 6.07) is 11.8. The molecule has 0 spiro atoms. The van der Waals surface area contributed by atoms with E-state index in [2.05, 4.69) is 10.6 Å². The number of hydrogen-bond donors (Lipinski definition) is 2. The molecule has 3 amide bonds. The van der Waals surface area contributed by atoms with Gasteiger partial charge in [-0.25, -0.2) is 9.59 Å². The average molecular weight is 424 g/mol. The summed E-state index contributed by atoms with van der Waals surface area (Å²) < 4.78 is 5.17. The Hall–Kier alpha value is -3.35. The molecule has 0 aliphatic carbocycles. The molecular weight excluding hydrogens is 394 g/mol. The van der Waals surface area contributed by atoms with E-state index in [4.69, 9.17) is 4.74 Å². The first-order valence-corrected chi connectivity index (χ1v) is 10.6. The van der Waals surface area contributed by atoms with Gasteiger partial charge in [0.25, 0.3) is 0 Å². The van der Waals surface area contributed by atoms with Crippen LogP contribution < -0.4 is 15.5 Å². The zero-order chi connectivity index (χ0) is 22.4. The highest BCUT2D eigenvalue weighted by Crippen LogP contribution is 2.24. The summed E-state index contributed by atoms with van der Waals surface area (Å²) in [6.45, 7) is 6.90. The summed E-state index contributed by atoms with van der Waals surface area (Å²) >= 11 is 0. The van der Waals surface area contributed by atoms with Crippen molar-refractivity contribution in [2.24, 2.45) is 0 Å². The number of carbonyl (C=O) groups is 3. The Bertz CT molecular complexity index is 956. The van der Waals surface area contributed by atoms with Gasteiger partial charge >= 0.3 is 12.0 Å². The molecule has 2 aromatic rings. The lowest BCUT2D eigenvalue weighted by Crippen LogP contribution is -2.39. The minimum Gasteiger partial charge on any atom is -0.462 e. The minimum atomic E-state index is -0.391. The van der Waals surface area contributed by atoms with Crippen LogP contribution in [0.1, 0.15) is 47.7 Å². The molecule has 1 atom stereocenters. The fourth-order valence-electron chi connectivity index (χ4n) is 3.38. The summed E-state index contributed by atoms with van der Waals surface area (Å²) in [4.78, 5) is 38.4. The SMILES string of the molecule is CCCCOC(=O)c1ccc(NC(=O)NC2CC(=O)N(c3ccc(C)c(C)c3)C2)cc1. The molecule has 0 saturated carbocycles. The molecular formula is C24H29N3O4. The van der Waals surface area contributed by atoms with E-state index in [9.17, 15) is 14.4 Å². The molecule has 2 N–H and O–H groups in total.